The van der Waals surface area contributed by atoms with Crippen LogP contribution in [0.5, 0.6) is 0 Å². The minimum Gasteiger partial charge on any atom is -0.350 e. The van der Waals surface area contributed by atoms with Crippen molar-refractivity contribution in [2.45, 2.75) is 0 Å². The second-order valence-electron chi connectivity index (χ2n) is 4.33. The maximum atomic E-state index is 12.7. The summed E-state index contributed by atoms with van der Waals surface area (Å²) in [5.41, 5.74) is 0.00241. The minimum absolute atomic E-state index is 0.0736. The quantitative estimate of drug-likeness (QED) is 0.680. The number of nitrogens with zero attached hydrogens (tertiary/aromatic N) is 1. The number of benzene rings is 1. The zero-order valence-corrected chi connectivity index (χ0v) is 11.4. The molecule has 0 aliphatic heterocycles. The molecule has 0 spiro atoms. The van der Waals surface area contributed by atoms with Gasteiger partial charge >= 0.3 is 0 Å². The van der Waals surface area contributed by atoms with Gasteiger partial charge in [0, 0.05) is 24.7 Å². The summed E-state index contributed by atoms with van der Waals surface area (Å²) >= 11 is 0. The first-order valence-corrected chi connectivity index (χ1v) is 6.44. The van der Waals surface area contributed by atoms with Gasteiger partial charge in [-0.05, 0) is 30.3 Å². The highest BCUT2D eigenvalue weighted by atomic mass is 19.1. The molecular formula is C14H13FN4O3. The van der Waals surface area contributed by atoms with Gasteiger partial charge < -0.3 is 10.6 Å². The first-order valence-electron chi connectivity index (χ1n) is 6.44. The molecule has 0 unspecified atom stereocenters. The summed E-state index contributed by atoms with van der Waals surface area (Å²) in [6, 6.07) is 7.61. The molecule has 22 heavy (non-hydrogen) atoms. The Balaban J connectivity index is 1.76. The first kappa shape index (κ1) is 15.4. The lowest BCUT2D eigenvalue weighted by atomic mass is 10.2. The Morgan fingerprint density at radius 2 is 1.64 bits per heavy atom. The molecule has 3 N–H and O–H groups in total. The highest BCUT2D eigenvalue weighted by Gasteiger charge is 2.07. The van der Waals surface area contributed by atoms with Crippen molar-refractivity contribution in [3.05, 3.63) is 63.8 Å². The molecule has 2 aromatic rings. The van der Waals surface area contributed by atoms with Crippen LogP contribution in [-0.2, 0) is 0 Å². The van der Waals surface area contributed by atoms with Crippen molar-refractivity contribution in [2.75, 3.05) is 13.1 Å². The van der Waals surface area contributed by atoms with Crippen LogP contribution in [0.3, 0.4) is 0 Å². The Hall–Kier alpha value is -3.03. The van der Waals surface area contributed by atoms with Gasteiger partial charge in [0.1, 0.15) is 11.5 Å². The number of nitrogens with one attached hydrogen (secondary N) is 3. The van der Waals surface area contributed by atoms with Gasteiger partial charge in [0.15, 0.2) is 0 Å². The van der Waals surface area contributed by atoms with E-state index in [1.807, 2.05) is 0 Å². The van der Waals surface area contributed by atoms with Gasteiger partial charge in [0.2, 0.25) is 0 Å². The van der Waals surface area contributed by atoms with E-state index in [1.54, 1.807) is 0 Å². The zero-order chi connectivity index (χ0) is 15.9. The van der Waals surface area contributed by atoms with Gasteiger partial charge in [0.05, 0.1) is 0 Å². The van der Waals surface area contributed by atoms with E-state index in [-0.39, 0.29) is 24.7 Å². The summed E-state index contributed by atoms with van der Waals surface area (Å²) in [7, 11) is 0. The Morgan fingerprint density at radius 1 is 1.00 bits per heavy atom. The van der Waals surface area contributed by atoms with E-state index in [0.29, 0.717) is 5.56 Å². The zero-order valence-electron chi connectivity index (χ0n) is 11.4. The van der Waals surface area contributed by atoms with Crippen LogP contribution in [0.25, 0.3) is 0 Å². The van der Waals surface area contributed by atoms with E-state index < -0.39 is 17.3 Å². The molecule has 0 fully saturated rings. The number of amides is 2. The summed E-state index contributed by atoms with van der Waals surface area (Å²) in [4.78, 5) is 34.2. The average molecular weight is 304 g/mol. The van der Waals surface area contributed by atoms with Crippen LogP contribution >= 0.6 is 0 Å². The predicted octanol–water partition coefficient (Wildman–Crippen LogP) is 0.0688. The van der Waals surface area contributed by atoms with Crippen LogP contribution in [0.15, 0.2) is 41.2 Å². The third kappa shape index (κ3) is 4.23. The SMILES string of the molecule is O=C(NCCNC(=O)c1ccc(=O)[nH]n1)c1ccc(F)cc1. The predicted molar refractivity (Wildman–Crippen MR) is 75.9 cm³/mol. The maximum Gasteiger partial charge on any atom is 0.271 e. The van der Waals surface area contributed by atoms with Crippen LogP contribution in [-0.4, -0.2) is 35.1 Å². The van der Waals surface area contributed by atoms with Crippen LogP contribution in [0.2, 0.25) is 0 Å². The highest BCUT2D eigenvalue weighted by Crippen LogP contribution is 2.01. The molecular weight excluding hydrogens is 291 g/mol. The standard InChI is InChI=1S/C14H13FN4O3/c15-10-3-1-9(2-4-10)13(21)16-7-8-17-14(22)11-5-6-12(20)19-18-11/h1-6H,7-8H2,(H,16,21)(H,17,22)(H,19,20). The highest BCUT2D eigenvalue weighted by molar-refractivity contribution is 5.94. The van der Waals surface area contributed by atoms with Gasteiger partial charge in [-0.25, -0.2) is 9.49 Å². The first-order chi connectivity index (χ1) is 10.6. The fourth-order valence-corrected chi connectivity index (χ4v) is 1.62. The van der Waals surface area contributed by atoms with E-state index in [9.17, 15) is 18.8 Å². The van der Waals surface area contributed by atoms with Crippen molar-refractivity contribution in [3.63, 3.8) is 0 Å². The Labute approximate surface area is 124 Å². The number of halogens is 1. The lowest BCUT2D eigenvalue weighted by Crippen LogP contribution is -2.35. The molecule has 2 rings (SSSR count). The van der Waals surface area contributed by atoms with Gasteiger partial charge in [-0.2, -0.15) is 5.10 Å². The van der Waals surface area contributed by atoms with Crippen molar-refractivity contribution >= 4 is 11.8 Å². The second-order valence-corrected chi connectivity index (χ2v) is 4.33. The molecule has 1 aromatic heterocycles. The van der Waals surface area contributed by atoms with E-state index in [1.165, 1.54) is 36.4 Å². The number of rotatable bonds is 5. The smallest absolute Gasteiger partial charge is 0.271 e. The van der Waals surface area contributed by atoms with Crippen LogP contribution in [0.1, 0.15) is 20.8 Å². The van der Waals surface area contributed by atoms with Gasteiger partial charge in [0.25, 0.3) is 17.4 Å². The fourth-order valence-electron chi connectivity index (χ4n) is 1.62. The normalized spacial score (nSPS) is 10.0. The molecule has 0 atom stereocenters. The van der Waals surface area contributed by atoms with Crippen LogP contribution < -0.4 is 16.2 Å². The molecule has 0 saturated heterocycles. The molecule has 1 heterocycles. The van der Waals surface area contributed by atoms with Crippen molar-refractivity contribution in [2.24, 2.45) is 0 Å². The average Bonchev–Trinajstić information content (AvgIpc) is 2.52. The fraction of sp³-hybridized carbons (Fsp3) is 0.143. The van der Waals surface area contributed by atoms with Crippen molar-refractivity contribution in [1.82, 2.24) is 20.8 Å². The largest absolute Gasteiger partial charge is 0.350 e. The Bertz CT molecular complexity index is 707. The lowest BCUT2D eigenvalue weighted by molar-refractivity contribution is 0.0924. The van der Waals surface area contributed by atoms with Crippen LogP contribution in [0.4, 0.5) is 4.39 Å². The molecule has 8 heteroatoms. The molecule has 114 valence electrons. The van der Waals surface area contributed by atoms with Gasteiger partial charge in [-0.3, -0.25) is 14.4 Å². The molecule has 0 aliphatic carbocycles. The molecule has 0 bridgehead atoms. The van der Waals surface area contributed by atoms with E-state index in [2.05, 4.69) is 20.8 Å². The second kappa shape index (κ2) is 7.11. The molecule has 1 aromatic carbocycles. The molecule has 7 nitrogen and oxygen atoms in total. The summed E-state index contributed by atoms with van der Waals surface area (Å²) < 4.78 is 12.7. The van der Waals surface area contributed by atoms with E-state index in [0.717, 1.165) is 0 Å². The van der Waals surface area contributed by atoms with E-state index >= 15 is 0 Å². The number of aromatic amines is 1. The molecule has 0 aliphatic rings. The topological polar surface area (TPSA) is 104 Å². The van der Waals surface area contributed by atoms with Crippen molar-refractivity contribution < 1.29 is 14.0 Å². The number of H-pyrrole nitrogens is 1. The van der Waals surface area contributed by atoms with Crippen molar-refractivity contribution in [3.8, 4) is 0 Å². The third-order valence-electron chi connectivity index (χ3n) is 2.71. The number of hydrogen-bond donors (Lipinski definition) is 3. The lowest BCUT2D eigenvalue weighted by Gasteiger charge is -2.06. The number of aromatic nitrogens is 2. The summed E-state index contributed by atoms with van der Waals surface area (Å²) in [5, 5.41) is 10.8. The number of hydrogen-bond acceptors (Lipinski definition) is 4. The Morgan fingerprint density at radius 3 is 2.23 bits per heavy atom. The summed E-state index contributed by atoms with van der Waals surface area (Å²) in [5.74, 6) is -1.25. The van der Waals surface area contributed by atoms with Gasteiger partial charge in [-0.1, -0.05) is 0 Å². The van der Waals surface area contributed by atoms with E-state index in [4.69, 9.17) is 0 Å². The minimum atomic E-state index is -0.465. The van der Waals surface area contributed by atoms with Crippen molar-refractivity contribution in [1.29, 1.82) is 0 Å². The van der Waals surface area contributed by atoms with Crippen LogP contribution in [0, 0.1) is 5.82 Å². The Kier molecular flexibility index (Phi) is 4.97. The summed E-state index contributed by atoms with van der Waals surface area (Å²) in [6.07, 6.45) is 0. The third-order valence-corrected chi connectivity index (χ3v) is 2.71. The monoisotopic (exact) mass is 304 g/mol. The number of carbonyl (C=O) groups is 2. The molecule has 0 saturated carbocycles. The molecule has 2 amide bonds. The summed E-state index contributed by atoms with van der Waals surface area (Å²) in [6.45, 7) is 0.387. The number of carbonyl (C=O) groups excluding carboxylic acids is 2. The molecule has 0 radical (unpaired) electrons. The maximum absolute atomic E-state index is 12.7. The van der Waals surface area contributed by atoms with Gasteiger partial charge in [-0.15, -0.1) is 0 Å².